The molecule has 2 aromatic heterocycles. The summed E-state index contributed by atoms with van der Waals surface area (Å²) in [6.45, 7) is 6.45. The van der Waals surface area contributed by atoms with Crippen LogP contribution in [0.2, 0.25) is 0 Å². The van der Waals surface area contributed by atoms with Crippen LogP contribution in [-0.4, -0.2) is 37.7 Å². The van der Waals surface area contributed by atoms with Crippen LogP contribution in [0.5, 0.6) is 5.88 Å². The average molecular weight is 356 g/mol. The first-order chi connectivity index (χ1) is 12.2. The van der Waals surface area contributed by atoms with E-state index in [1.165, 1.54) is 18.4 Å². The molecule has 1 saturated heterocycles. The molecule has 1 aliphatic rings. The second-order valence-electron chi connectivity index (χ2n) is 6.90. The maximum absolute atomic E-state index is 10.9. The van der Waals surface area contributed by atoms with Gasteiger partial charge in [-0.2, -0.15) is 4.52 Å². The van der Waals surface area contributed by atoms with Gasteiger partial charge in [0.15, 0.2) is 5.82 Å². The summed E-state index contributed by atoms with van der Waals surface area (Å²) in [4.78, 5) is 8.74. The quantitative estimate of drug-likeness (QED) is 0.771. The van der Waals surface area contributed by atoms with Crippen LogP contribution in [-0.2, 0) is 6.42 Å². The van der Waals surface area contributed by atoms with Crippen LogP contribution < -0.4 is 0 Å². The molecule has 0 radical (unpaired) electrons. The highest BCUT2D eigenvalue weighted by molar-refractivity contribution is 7.17. The molecule has 132 valence electrons. The summed E-state index contributed by atoms with van der Waals surface area (Å²) in [6, 6.07) is 10.5. The van der Waals surface area contributed by atoms with E-state index in [9.17, 15) is 5.11 Å². The van der Waals surface area contributed by atoms with Gasteiger partial charge in [0.25, 0.3) is 0 Å². The number of rotatable bonds is 4. The molecular formula is C19H24N4OS. The number of thiazole rings is 1. The van der Waals surface area contributed by atoms with E-state index < -0.39 is 0 Å². The molecule has 0 saturated carbocycles. The Morgan fingerprint density at radius 3 is 2.60 bits per heavy atom. The van der Waals surface area contributed by atoms with Crippen molar-refractivity contribution in [2.24, 2.45) is 5.92 Å². The zero-order valence-corrected chi connectivity index (χ0v) is 15.5. The lowest BCUT2D eigenvalue weighted by molar-refractivity contribution is 0.157. The van der Waals surface area contributed by atoms with Crippen LogP contribution in [0.25, 0.3) is 4.96 Å². The smallest absolute Gasteiger partial charge is 0.230 e. The predicted octanol–water partition coefficient (Wildman–Crippen LogP) is 3.88. The average Bonchev–Trinajstić information content (AvgIpc) is 3.18. The van der Waals surface area contributed by atoms with Crippen molar-refractivity contribution in [2.75, 3.05) is 13.1 Å². The molecule has 0 bridgehead atoms. The van der Waals surface area contributed by atoms with Gasteiger partial charge in [-0.15, -0.1) is 5.10 Å². The number of aryl methyl sites for hydroxylation is 1. The summed E-state index contributed by atoms with van der Waals surface area (Å²) < 4.78 is 1.60. The molecule has 3 aromatic rings. The number of hydrogen-bond donors (Lipinski definition) is 1. The van der Waals surface area contributed by atoms with Gasteiger partial charge in [0.1, 0.15) is 0 Å². The number of aromatic hydroxyl groups is 1. The molecule has 0 spiro atoms. The number of piperidine rings is 1. The molecule has 1 N–H and O–H groups in total. The molecule has 3 heterocycles. The molecule has 1 atom stereocenters. The van der Waals surface area contributed by atoms with Crippen LogP contribution in [0.3, 0.4) is 0 Å². The number of fused-ring (bicyclic) bond motifs is 1. The second kappa shape index (κ2) is 6.77. The van der Waals surface area contributed by atoms with E-state index in [0.29, 0.717) is 0 Å². The zero-order chi connectivity index (χ0) is 17.4. The van der Waals surface area contributed by atoms with E-state index in [1.807, 2.05) is 13.0 Å². The predicted molar refractivity (Wildman–Crippen MR) is 100 cm³/mol. The van der Waals surface area contributed by atoms with Crippen molar-refractivity contribution >= 4 is 16.3 Å². The molecule has 1 fully saturated rings. The zero-order valence-electron chi connectivity index (χ0n) is 14.7. The molecule has 6 heteroatoms. The minimum Gasteiger partial charge on any atom is -0.492 e. The van der Waals surface area contributed by atoms with E-state index >= 15 is 0 Å². The molecule has 25 heavy (non-hydrogen) atoms. The maximum atomic E-state index is 10.9. The second-order valence-corrected chi connectivity index (χ2v) is 7.91. The van der Waals surface area contributed by atoms with E-state index in [0.717, 1.165) is 41.1 Å². The van der Waals surface area contributed by atoms with Gasteiger partial charge in [0, 0.05) is 6.42 Å². The first-order valence-electron chi connectivity index (χ1n) is 9.03. The minimum absolute atomic E-state index is 0.0623. The monoisotopic (exact) mass is 356 g/mol. The lowest BCUT2D eigenvalue weighted by atomic mass is 9.95. The lowest BCUT2D eigenvalue weighted by Crippen LogP contribution is -2.36. The Kier molecular flexibility index (Phi) is 4.48. The van der Waals surface area contributed by atoms with Gasteiger partial charge in [-0.05, 0) is 37.4 Å². The first kappa shape index (κ1) is 16.5. The highest BCUT2D eigenvalue weighted by Crippen LogP contribution is 2.41. The summed E-state index contributed by atoms with van der Waals surface area (Å²) in [5.41, 5.74) is 1.22. The maximum Gasteiger partial charge on any atom is 0.230 e. The summed E-state index contributed by atoms with van der Waals surface area (Å²) in [5, 5.41) is 15.3. The van der Waals surface area contributed by atoms with Crippen molar-refractivity contribution in [2.45, 2.75) is 39.2 Å². The molecule has 5 nitrogen and oxygen atoms in total. The van der Waals surface area contributed by atoms with Crippen LogP contribution in [0, 0.1) is 5.92 Å². The number of benzene rings is 1. The van der Waals surface area contributed by atoms with Gasteiger partial charge in [0.05, 0.1) is 10.9 Å². The summed E-state index contributed by atoms with van der Waals surface area (Å²) in [5.74, 6) is 1.78. The van der Waals surface area contributed by atoms with Gasteiger partial charge < -0.3 is 5.11 Å². The van der Waals surface area contributed by atoms with Crippen molar-refractivity contribution in [3.8, 4) is 5.88 Å². The number of likely N-dealkylation sites (tertiary alicyclic amines) is 1. The molecule has 0 amide bonds. The van der Waals surface area contributed by atoms with Gasteiger partial charge in [-0.3, -0.25) is 4.90 Å². The minimum atomic E-state index is 0.0623. The van der Waals surface area contributed by atoms with Crippen molar-refractivity contribution in [1.82, 2.24) is 19.5 Å². The van der Waals surface area contributed by atoms with Gasteiger partial charge in [0.2, 0.25) is 10.8 Å². The van der Waals surface area contributed by atoms with E-state index in [1.54, 1.807) is 15.9 Å². The van der Waals surface area contributed by atoms with Crippen LogP contribution in [0.4, 0.5) is 0 Å². The highest BCUT2D eigenvalue weighted by atomic mass is 32.1. The fourth-order valence-electron chi connectivity index (χ4n) is 3.57. The highest BCUT2D eigenvalue weighted by Gasteiger charge is 2.31. The number of aromatic nitrogens is 3. The first-order valence-corrected chi connectivity index (χ1v) is 9.85. The Labute approximate surface area is 151 Å². The molecule has 0 aliphatic carbocycles. The molecule has 1 aromatic carbocycles. The van der Waals surface area contributed by atoms with E-state index in [2.05, 4.69) is 46.2 Å². The van der Waals surface area contributed by atoms with Gasteiger partial charge >= 0.3 is 0 Å². The Morgan fingerprint density at radius 1 is 1.24 bits per heavy atom. The molecule has 1 unspecified atom stereocenters. The van der Waals surface area contributed by atoms with E-state index in [4.69, 9.17) is 0 Å². The third-order valence-electron chi connectivity index (χ3n) is 5.11. The Bertz CT molecular complexity index is 849. The normalized spacial score (nSPS) is 18.0. The van der Waals surface area contributed by atoms with Crippen LogP contribution in [0.1, 0.15) is 49.0 Å². The van der Waals surface area contributed by atoms with Crippen LogP contribution in [0.15, 0.2) is 30.3 Å². The van der Waals surface area contributed by atoms with Crippen molar-refractivity contribution in [3.05, 3.63) is 46.6 Å². The lowest BCUT2D eigenvalue weighted by Gasteiger charge is -2.36. The molecular weight excluding hydrogens is 332 g/mol. The largest absolute Gasteiger partial charge is 0.492 e. The third-order valence-corrected chi connectivity index (χ3v) is 6.18. The standard InChI is InChI=1S/C19H24N4OS/c1-3-15-20-19-23(21-15)18(24)17(25-19)16(14-7-5-4-6-8-14)22-11-9-13(2)10-12-22/h4-8,13,16,24H,3,9-12H2,1-2H3. The SMILES string of the molecule is CCc1nc2sc(C(c3ccccc3)N3CCC(C)CC3)c(O)n2n1. The fraction of sp³-hybridized carbons (Fsp3) is 0.474. The Morgan fingerprint density at radius 2 is 1.96 bits per heavy atom. The Balaban J connectivity index is 1.78. The number of hydrogen-bond acceptors (Lipinski definition) is 5. The Hall–Kier alpha value is -1.92. The van der Waals surface area contributed by atoms with Crippen molar-refractivity contribution < 1.29 is 5.11 Å². The number of nitrogens with zero attached hydrogens (tertiary/aromatic N) is 4. The van der Waals surface area contributed by atoms with Crippen molar-refractivity contribution in [1.29, 1.82) is 0 Å². The molecule has 4 rings (SSSR count). The van der Waals surface area contributed by atoms with Gasteiger partial charge in [-0.1, -0.05) is 55.5 Å². The third kappa shape index (κ3) is 3.04. The van der Waals surface area contributed by atoms with Gasteiger partial charge in [-0.25, -0.2) is 4.98 Å². The summed E-state index contributed by atoms with van der Waals surface area (Å²) in [7, 11) is 0. The topological polar surface area (TPSA) is 53.7 Å². The summed E-state index contributed by atoms with van der Waals surface area (Å²) >= 11 is 1.56. The fourth-order valence-corrected chi connectivity index (χ4v) is 4.70. The van der Waals surface area contributed by atoms with Crippen molar-refractivity contribution in [3.63, 3.8) is 0 Å². The summed E-state index contributed by atoms with van der Waals surface area (Å²) in [6.07, 6.45) is 3.17. The molecule has 1 aliphatic heterocycles. The van der Waals surface area contributed by atoms with E-state index in [-0.39, 0.29) is 11.9 Å². The van der Waals surface area contributed by atoms with Crippen LogP contribution >= 0.6 is 11.3 Å².